The van der Waals surface area contributed by atoms with Gasteiger partial charge < -0.3 is 25.2 Å². The van der Waals surface area contributed by atoms with Crippen molar-refractivity contribution in [1.29, 1.82) is 0 Å². The molecule has 1 atom stereocenters. The number of ether oxygens (including phenoxy) is 1. The number of likely N-dealkylation sites (N-methyl/N-ethyl adjacent to an activating group) is 1. The zero-order valence-electron chi connectivity index (χ0n) is 20.2. The highest BCUT2D eigenvalue weighted by Gasteiger charge is 2.26. The topological polar surface area (TPSA) is 55.4 Å². The van der Waals surface area contributed by atoms with Gasteiger partial charge in [0.2, 0.25) is 0 Å². The molecule has 3 rings (SSSR count). The first kappa shape index (κ1) is 27.1. The Morgan fingerprint density at radius 1 is 1.03 bits per heavy atom. The van der Waals surface area contributed by atoms with E-state index < -0.39 is 0 Å². The SMILES string of the molecule is CN=C(NCCCN1CCCN(C)CC1)NCC(c1ccccc1OC)N1CCCC1.I. The van der Waals surface area contributed by atoms with Crippen LogP contribution in [-0.4, -0.2) is 101 Å². The molecule has 0 amide bonds. The first-order valence-corrected chi connectivity index (χ1v) is 11.9. The van der Waals surface area contributed by atoms with E-state index in [0.717, 1.165) is 50.9 Å². The number of hydrogen-bond donors (Lipinski definition) is 2. The van der Waals surface area contributed by atoms with E-state index in [0.29, 0.717) is 0 Å². The van der Waals surface area contributed by atoms with Crippen LogP contribution in [0.4, 0.5) is 0 Å². The molecule has 2 aliphatic rings. The minimum absolute atomic E-state index is 0. The molecule has 32 heavy (non-hydrogen) atoms. The van der Waals surface area contributed by atoms with Gasteiger partial charge in [-0.05, 0) is 71.5 Å². The fourth-order valence-corrected chi connectivity index (χ4v) is 4.68. The van der Waals surface area contributed by atoms with Crippen molar-refractivity contribution in [3.8, 4) is 5.75 Å². The van der Waals surface area contributed by atoms with Gasteiger partial charge in [0.15, 0.2) is 5.96 Å². The largest absolute Gasteiger partial charge is 0.496 e. The fraction of sp³-hybridized carbons (Fsp3) is 0.708. The molecule has 1 aromatic carbocycles. The molecule has 182 valence electrons. The van der Waals surface area contributed by atoms with Gasteiger partial charge in [-0.15, -0.1) is 24.0 Å². The summed E-state index contributed by atoms with van der Waals surface area (Å²) in [6.07, 6.45) is 4.94. The van der Waals surface area contributed by atoms with Crippen LogP contribution in [0, 0.1) is 0 Å². The number of nitrogens with one attached hydrogen (secondary N) is 2. The summed E-state index contributed by atoms with van der Waals surface area (Å²) < 4.78 is 5.66. The third-order valence-corrected chi connectivity index (χ3v) is 6.52. The van der Waals surface area contributed by atoms with Crippen molar-refractivity contribution in [2.24, 2.45) is 4.99 Å². The van der Waals surface area contributed by atoms with E-state index >= 15 is 0 Å². The van der Waals surface area contributed by atoms with Gasteiger partial charge in [-0.2, -0.15) is 0 Å². The standard InChI is InChI=1S/C24H42N6O.HI/c1-25-24(26-12-8-14-29-15-9-13-28(2)18-19-29)27-20-22(30-16-6-7-17-30)21-10-4-5-11-23(21)31-3;/h4-5,10-11,22H,6-9,12-20H2,1-3H3,(H2,25,26,27);1H. The summed E-state index contributed by atoms with van der Waals surface area (Å²) in [5.41, 5.74) is 1.25. The maximum absolute atomic E-state index is 5.66. The molecule has 2 saturated heterocycles. The Bertz CT molecular complexity index is 682. The molecule has 7 nitrogen and oxygen atoms in total. The summed E-state index contributed by atoms with van der Waals surface area (Å²) in [6, 6.07) is 8.68. The summed E-state index contributed by atoms with van der Waals surface area (Å²) in [4.78, 5) is 12.0. The molecule has 2 N–H and O–H groups in total. The van der Waals surface area contributed by atoms with Crippen LogP contribution in [0.1, 0.15) is 37.3 Å². The van der Waals surface area contributed by atoms with Gasteiger partial charge in [0.1, 0.15) is 5.75 Å². The maximum atomic E-state index is 5.66. The lowest BCUT2D eigenvalue weighted by molar-refractivity contribution is 0.239. The molecule has 0 saturated carbocycles. The molecule has 8 heteroatoms. The Hall–Kier alpha value is -1.10. The Morgan fingerprint density at radius 2 is 1.81 bits per heavy atom. The van der Waals surface area contributed by atoms with E-state index in [1.807, 2.05) is 13.1 Å². The Kier molecular flexibility index (Phi) is 12.7. The molecule has 0 aliphatic carbocycles. The summed E-state index contributed by atoms with van der Waals surface area (Å²) in [6.45, 7) is 9.98. The van der Waals surface area contributed by atoms with Gasteiger partial charge >= 0.3 is 0 Å². The van der Waals surface area contributed by atoms with E-state index in [1.54, 1.807) is 7.11 Å². The Balaban J connectivity index is 0.00000363. The van der Waals surface area contributed by atoms with Gasteiger partial charge in [-0.1, -0.05) is 18.2 Å². The number of para-hydroxylation sites is 1. The number of aliphatic imine (C=N–C) groups is 1. The van der Waals surface area contributed by atoms with Gasteiger partial charge in [0, 0.05) is 38.8 Å². The molecule has 0 radical (unpaired) electrons. The van der Waals surface area contributed by atoms with Crippen molar-refractivity contribution in [3.63, 3.8) is 0 Å². The highest BCUT2D eigenvalue weighted by atomic mass is 127. The normalized spacial score (nSPS) is 19.8. The van der Waals surface area contributed by atoms with Crippen LogP contribution in [0.3, 0.4) is 0 Å². The van der Waals surface area contributed by atoms with Gasteiger partial charge in [0.25, 0.3) is 0 Å². The highest BCUT2D eigenvalue weighted by Crippen LogP contribution is 2.31. The smallest absolute Gasteiger partial charge is 0.191 e. The zero-order chi connectivity index (χ0) is 21.9. The van der Waals surface area contributed by atoms with Crippen molar-refractivity contribution in [2.45, 2.75) is 31.7 Å². The first-order chi connectivity index (χ1) is 15.2. The monoisotopic (exact) mass is 558 g/mol. The van der Waals surface area contributed by atoms with Crippen molar-refractivity contribution in [2.75, 3.05) is 80.1 Å². The first-order valence-electron chi connectivity index (χ1n) is 11.9. The third-order valence-electron chi connectivity index (χ3n) is 6.52. The zero-order valence-corrected chi connectivity index (χ0v) is 22.5. The quantitative estimate of drug-likeness (QED) is 0.211. The van der Waals surface area contributed by atoms with Crippen molar-refractivity contribution in [1.82, 2.24) is 25.3 Å². The average Bonchev–Trinajstić information content (AvgIpc) is 3.25. The number of halogens is 1. The number of hydrogen-bond acceptors (Lipinski definition) is 5. The lowest BCUT2D eigenvalue weighted by atomic mass is 10.0. The van der Waals surface area contributed by atoms with Crippen LogP contribution >= 0.6 is 24.0 Å². The average molecular weight is 559 g/mol. The second-order valence-corrected chi connectivity index (χ2v) is 8.73. The maximum Gasteiger partial charge on any atom is 0.191 e. The molecular weight excluding hydrogens is 515 g/mol. The molecule has 2 heterocycles. The molecular formula is C24H43IN6O. The van der Waals surface area contributed by atoms with Crippen LogP contribution in [-0.2, 0) is 0 Å². The summed E-state index contributed by atoms with van der Waals surface area (Å²) in [5.74, 6) is 1.85. The molecule has 2 fully saturated rings. The van der Waals surface area contributed by atoms with E-state index in [2.05, 4.69) is 55.6 Å². The predicted molar refractivity (Wildman–Crippen MR) is 144 cm³/mol. The highest BCUT2D eigenvalue weighted by molar-refractivity contribution is 14.0. The summed E-state index contributed by atoms with van der Waals surface area (Å²) in [5, 5.41) is 7.08. The van der Waals surface area contributed by atoms with Crippen molar-refractivity contribution in [3.05, 3.63) is 29.8 Å². The van der Waals surface area contributed by atoms with Crippen LogP contribution in [0.25, 0.3) is 0 Å². The van der Waals surface area contributed by atoms with Gasteiger partial charge in [-0.3, -0.25) is 9.89 Å². The molecule has 0 spiro atoms. The second kappa shape index (κ2) is 14.9. The minimum Gasteiger partial charge on any atom is -0.496 e. The number of likely N-dealkylation sites (tertiary alicyclic amines) is 1. The lowest BCUT2D eigenvalue weighted by Crippen LogP contribution is -2.43. The van der Waals surface area contributed by atoms with E-state index in [-0.39, 0.29) is 30.0 Å². The minimum atomic E-state index is 0. The van der Waals surface area contributed by atoms with Crippen LogP contribution in [0.2, 0.25) is 0 Å². The third kappa shape index (κ3) is 8.35. The molecule has 0 aromatic heterocycles. The number of nitrogens with zero attached hydrogens (tertiary/aromatic N) is 4. The van der Waals surface area contributed by atoms with Gasteiger partial charge in [-0.25, -0.2) is 0 Å². The number of guanidine groups is 1. The fourth-order valence-electron chi connectivity index (χ4n) is 4.68. The molecule has 0 bridgehead atoms. The lowest BCUT2D eigenvalue weighted by Gasteiger charge is -2.30. The molecule has 1 unspecified atom stereocenters. The summed E-state index contributed by atoms with van der Waals surface area (Å²) >= 11 is 0. The van der Waals surface area contributed by atoms with E-state index in [4.69, 9.17) is 4.74 Å². The number of rotatable bonds is 9. The Morgan fingerprint density at radius 3 is 2.56 bits per heavy atom. The van der Waals surface area contributed by atoms with Gasteiger partial charge in [0.05, 0.1) is 13.2 Å². The van der Waals surface area contributed by atoms with Crippen LogP contribution < -0.4 is 15.4 Å². The molecule has 1 aromatic rings. The van der Waals surface area contributed by atoms with E-state index in [9.17, 15) is 0 Å². The molecule has 2 aliphatic heterocycles. The van der Waals surface area contributed by atoms with Crippen LogP contribution in [0.15, 0.2) is 29.3 Å². The Labute approximate surface area is 212 Å². The predicted octanol–water partition coefficient (Wildman–Crippen LogP) is 2.64. The van der Waals surface area contributed by atoms with E-state index in [1.165, 1.54) is 51.0 Å². The van der Waals surface area contributed by atoms with Crippen molar-refractivity contribution >= 4 is 29.9 Å². The number of methoxy groups -OCH3 is 1. The summed E-state index contributed by atoms with van der Waals surface area (Å²) in [7, 11) is 5.84. The second-order valence-electron chi connectivity index (χ2n) is 8.73. The van der Waals surface area contributed by atoms with Crippen LogP contribution in [0.5, 0.6) is 5.75 Å². The van der Waals surface area contributed by atoms with Crippen molar-refractivity contribution < 1.29 is 4.74 Å². The number of benzene rings is 1.